The molecular weight excluding hydrogens is 264 g/mol. The fraction of sp³-hybridized carbons (Fsp3) is 0.647. The third-order valence-corrected chi connectivity index (χ3v) is 4.74. The minimum absolute atomic E-state index is 0.651. The second-order valence-corrected chi connectivity index (χ2v) is 6.71. The van der Waals surface area contributed by atoms with Crippen LogP contribution >= 0.6 is 11.8 Å². The van der Waals surface area contributed by atoms with Crippen molar-refractivity contribution in [3.63, 3.8) is 0 Å². The van der Waals surface area contributed by atoms with E-state index in [2.05, 4.69) is 53.7 Å². The Morgan fingerprint density at radius 1 is 1.30 bits per heavy atom. The van der Waals surface area contributed by atoms with Crippen LogP contribution in [0.25, 0.3) is 0 Å². The first-order chi connectivity index (χ1) is 9.83. The summed E-state index contributed by atoms with van der Waals surface area (Å²) in [6.45, 7) is 5.85. The average molecular weight is 292 g/mol. The van der Waals surface area contributed by atoms with Crippen LogP contribution in [-0.4, -0.2) is 48.6 Å². The average Bonchev–Trinajstić information content (AvgIpc) is 2.48. The molecule has 1 aliphatic heterocycles. The van der Waals surface area contributed by atoms with Crippen molar-refractivity contribution < 1.29 is 0 Å². The Morgan fingerprint density at radius 2 is 2.10 bits per heavy atom. The lowest BCUT2D eigenvalue weighted by molar-refractivity contribution is 0.134. The molecule has 1 aromatic carbocycles. The van der Waals surface area contributed by atoms with Crippen LogP contribution in [0.3, 0.4) is 0 Å². The largest absolute Gasteiger partial charge is 0.311 e. The van der Waals surface area contributed by atoms with E-state index in [9.17, 15) is 0 Å². The molecule has 0 aromatic heterocycles. The molecule has 1 heterocycles. The van der Waals surface area contributed by atoms with Crippen molar-refractivity contribution in [2.24, 2.45) is 0 Å². The number of hydrogen-bond donors (Lipinski definition) is 1. The van der Waals surface area contributed by atoms with Gasteiger partial charge in [-0.15, -0.1) is 0 Å². The lowest BCUT2D eigenvalue weighted by atomic mass is 9.99. The third-order valence-electron chi connectivity index (χ3n) is 4.15. The van der Waals surface area contributed by atoms with Crippen molar-refractivity contribution in [3.8, 4) is 0 Å². The second kappa shape index (κ2) is 8.71. The summed E-state index contributed by atoms with van der Waals surface area (Å²) in [5.41, 5.74) is 1.46. The summed E-state index contributed by atoms with van der Waals surface area (Å²) in [6, 6.07) is 12.3. The molecular formula is C17H28N2S. The van der Waals surface area contributed by atoms with Gasteiger partial charge in [-0.1, -0.05) is 43.7 Å². The first-order valence-electron chi connectivity index (χ1n) is 7.83. The Kier molecular flexibility index (Phi) is 6.91. The van der Waals surface area contributed by atoms with Crippen LogP contribution in [0.4, 0.5) is 0 Å². The predicted octanol–water partition coefficient (Wildman–Crippen LogP) is 3.03. The van der Waals surface area contributed by atoms with Crippen molar-refractivity contribution in [3.05, 3.63) is 35.9 Å². The van der Waals surface area contributed by atoms with E-state index in [0.717, 1.165) is 6.54 Å². The number of rotatable bonds is 7. The molecule has 1 saturated heterocycles. The van der Waals surface area contributed by atoms with Crippen LogP contribution in [0.1, 0.15) is 25.3 Å². The van der Waals surface area contributed by atoms with Crippen LogP contribution in [0.15, 0.2) is 30.3 Å². The Labute approximate surface area is 128 Å². The summed E-state index contributed by atoms with van der Waals surface area (Å²) >= 11 is 1.96. The molecule has 0 bridgehead atoms. The molecule has 0 aliphatic carbocycles. The molecule has 2 unspecified atom stereocenters. The summed E-state index contributed by atoms with van der Waals surface area (Å²) in [4.78, 5) is 2.71. The van der Waals surface area contributed by atoms with Crippen LogP contribution in [-0.2, 0) is 6.42 Å². The van der Waals surface area contributed by atoms with Gasteiger partial charge < -0.3 is 5.32 Å². The fourth-order valence-corrected chi connectivity index (χ4v) is 3.46. The minimum Gasteiger partial charge on any atom is -0.311 e. The fourth-order valence-electron chi connectivity index (χ4n) is 3.04. The second-order valence-electron chi connectivity index (χ2n) is 5.73. The molecule has 20 heavy (non-hydrogen) atoms. The zero-order valence-corrected chi connectivity index (χ0v) is 13.7. The third kappa shape index (κ3) is 4.80. The van der Waals surface area contributed by atoms with E-state index < -0.39 is 0 Å². The Bertz CT molecular complexity index is 369. The first kappa shape index (κ1) is 15.9. The van der Waals surface area contributed by atoms with Crippen LogP contribution in [0.5, 0.6) is 0 Å². The maximum Gasteiger partial charge on any atom is 0.0262 e. The first-order valence-corrected chi connectivity index (χ1v) is 9.23. The number of nitrogens with zero attached hydrogens (tertiary/aromatic N) is 1. The monoisotopic (exact) mass is 292 g/mol. The topological polar surface area (TPSA) is 15.3 Å². The lowest BCUT2D eigenvalue weighted by Gasteiger charge is -2.40. The smallest absolute Gasteiger partial charge is 0.0262 e. The van der Waals surface area contributed by atoms with Gasteiger partial charge in [-0.05, 0) is 24.7 Å². The van der Waals surface area contributed by atoms with Crippen molar-refractivity contribution in [1.82, 2.24) is 10.2 Å². The lowest BCUT2D eigenvalue weighted by Crippen LogP contribution is -2.57. The summed E-state index contributed by atoms with van der Waals surface area (Å²) < 4.78 is 0. The van der Waals surface area contributed by atoms with Crippen molar-refractivity contribution in [2.45, 2.75) is 38.3 Å². The zero-order valence-electron chi connectivity index (χ0n) is 12.8. The van der Waals surface area contributed by atoms with Gasteiger partial charge >= 0.3 is 0 Å². The van der Waals surface area contributed by atoms with E-state index >= 15 is 0 Å². The molecule has 3 heteroatoms. The molecule has 1 aromatic rings. The molecule has 1 N–H and O–H groups in total. The SMILES string of the molecule is CCCC1CN(CCSC)C(Cc2ccccc2)CN1. The number of piperazine rings is 1. The number of hydrogen-bond acceptors (Lipinski definition) is 3. The molecule has 2 nitrogen and oxygen atoms in total. The maximum absolute atomic E-state index is 3.75. The number of thioether (sulfide) groups is 1. The molecule has 0 radical (unpaired) electrons. The van der Waals surface area contributed by atoms with Crippen molar-refractivity contribution in [2.75, 3.05) is 31.6 Å². The molecule has 1 fully saturated rings. The van der Waals surface area contributed by atoms with E-state index in [-0.39, 0.29) is 0 Å². The van der Waals surface area contributed by atoms with Gasteiger partial charge in [0.15, 0.2) is 0 Å². The van der Waals surface area contributed by atoms with E-state index in [0.29, 0.717) is 12.1 Å². The number of benzene rings is 1. The van der Waals surface area contributed by atoms with Gasteiger partial charge in [-0.25, -0.2) is 0 Å². The molecule has 0 amide bonds. The van der Waals surface area contributed by atoms with Crippen LogP contribution in [0, 0.1) is 0 Å². The summed E-state index contributed by atoms with van der Waals surface area (Å²) in [5, 5.41) is 3.75. The minimum atomic E-state index is 0.651. The summed E-state index contributed by atoms with van der Waals surface area (Å²) in [5.74, 6) is 1.24. The highest BCUT2D eigenvalue weighted by molar-refractivity contribution is 7.98. The quantitative estimate of drug-likeness (QED) is 0.831. The predicted molar refractivity (Wildman–Crippen MR) is 90.6 cm³/mol. The van der Waals surface area contributed by atoms with Gasteiger partial charge in [0.1, 0.15) is 0 Å². The number of nitrogens with one attached hydrogen (secondary N) is 1. The normalized spacial score (nSPS) is 23.9. The van der Waals surface area contributed by atoms with Crippen molar-refractivity contribution >= 4 is 11.8 Å². The highest BCUT2D eigenvalue weighted by Gasteiger charge is 2.26. The Hall–Kier alpha value is -0.510. The van der Waals surface area contributed by atoms with Gasteiger partial charge in [0.2, 0.25) is 0 Å². The molecule has 2 rings (SSSR count). The molecule has 112 valence electrons. The van der Waals surface area contributed by atoms with Gasteiger partial charge in [0.05, 0.1) is 0 Å². The highest BCUT2D eigenvalue weighted by atomic mass is 32.2. The van der Waals surface area contributed by atoms with Crippen molar-refractivity contribution in [1.29, 1.82) is 0 Å². The van der Waals surface area contributed by atoms with Gasteiger partial charge in [0, 0.05) is 37.5 Å². The summed E-state index contributed by atoms with van der Waals surface area (Å²) in [6.07, 6.45) is 5.95. The highest BCUT2D eigenvalue weighted by Crippen LogP contribution is 2.15. The molecule has 2 atom stereocenters. The van der Waals surface area contributed by atoms with E-state index in [1.54, 1.807) is 0 Å². The van der Waals surface area contributed by atoms with Gasteiger partial charge in [-0.2, -0.15) is 11.8 Å². The van der Waals surface area contributed by atoms with E-state index in [1.807, 2.05) is 11.8 Å². The molecule has 0 saturated carbocycles. The van der Waals surface area contributed by atoms with Gasteiger partial charge in [0.25, 0.3) is 0 Å². The van der Waals surface area contributed by atoms with Crippen LogP contribution in [0.2, 0.25) is 0 Å². The maximum atomic E-state index is 3.75. The Morgan fingerprint density at radius 3 is 2.80 bits per heavy atom. The Balaban J connectivity index is 1.94. The van der Waals surface area contributed by atoms with Crippen LogP contribution < -0.4 is 5.32 Å². The standard InChI is InChI=1S/C17H28N2S/c1-3-7-16-14-19(10-11-20-2)17(13-18-16)12-15-8-5-4-6-9-15/h4-6,8-9,16-18H,3,7,10-14H2,1-2H3. The van der Waals surface area contributed by atoms with E-state index in [4.69, 9.17) is 0 Å². The molecule has 0 spiro atoms. The van der Waals surface area contributed by atoms with Gasteiger partial charge in [-0.3, -0.25) is 4.90 Å². The zero-order chi connectivity index (χ0) is 14.2. The molecule has 1 aliphatic rings. The van der Waals surface area contributed by atoms with E-state index in [1.165, 1.54) is 43.7 Å². The summed E-state index contributed by atoms with van der Waals surface area (Å²) in [7, 11) is 0.